The highest BCUT2D eigenvalue weighted by Crippen LogP contribution is 2.20. The number of nitrogens with zero attached hydrogens (tertiary/aromatic N) is 2. The molecule has 1 amide bonds. The number of H-pyrrole nitrogens is 1. The molecule has 0 unspecified atom stereocenters. The second-order valence-corrected chi connectivity index (χ2v) is 5.83. The van der Waals surface area contributed by atoms with Crippen molar-refractivity contribution in [2.75, 3.05) is 0 Å². The maximum Gasteiger partial charge on any atom is 0.260 e. The van der Waals surface area contributed by atoms with Crippen LogP contribution in [0.1, 0.15) is 34.6 Å². The number of nitrogens with one attached hydrogen (secondary N) is 2. The van der Waals surface area contributed by atoms with Crippen molar-refractivity contribution in [2.45, 2.75) is 19.9 Å². The van der Waals surface area contributed by atoms with Crippen molar-refractivity contribution in [2.24, 2.45) is 0 Å². The molecule has 2 heterocycles. The molecular formula is C19H18N4O2. The quantitative estimate of drug-likeness (QED) is 0.768. The van der Waals surface area contributed by atoms with E-state index in [1.165, 1.54) is 12.4 Å². The number of hydrogen-bond acceptors (Lipinski definition) is 4. The van der Waals surface area contributed by atoms with E-state index in [9.17, 15) is 9.59 Å². The summed E-state index contributed by atoms with van der Waals surface area (Å²) in [6, 6.07) is 10.8. The van der Waals surface area contributed by atoms with Crippen LogP contribution in [0.15, 0.2) is 59.9 Å². The lowest BCUT2D eigenvalue weighted by molar-refractivity contribution is 0.0938. The van der Waals surface area contributed by atoms with Gasteiger partial charge in [0.05, 0.1) is 6.04 Å². The Morgan fingerprint density at radius 1 is 1.04 bits per heavy atom. The molecule has 6 nitrogen and oxygen atoms in total. The number of rotatable bonds is 4. The first-order chi connectivity index (χ1) is 12.0. The molecule has 2 aromatic heterocycles. The standard InChI is InChI=1S/C19H18N4O2/c1-12-3-8-17(18(24)22-12)19(25)23-13(2)14-4-6-15(7-5-14)16-9-20-11-21-10-16/h3-11,13H,1-2H3,(H,22,24)(H,23,25)/t13-/m0/s1. The average molecular weight is 334 g/mol. The molecule has 3 rings (SSSR count). The van der Waals surface area contributed by atoms with Crippen molar-refractivity contribution in [1.82, 2.24) is 20.3 Å². The van der Waals surface area contributed by atoms with Crippen LogP contribution >= 0.6 is 0 Å². The molecule has 0 saturated carbocycles. The van der Waals surface area contributed by atoms with Gasteiger partial charge in [0.15, 0.2) is 0 Å². The van der Waals surface area contributed by atoms with Crippen molar-refractivity contribution in [1.29, 1.82) is 0 Å². The monoisotopic (exact) mass is 334 g/mol. The van der Waals surface area contributed by atoms with Gasteiger partial charge in [0.1, 0.15) is 11.9 Å². The van der Waals surface area contributed by atoms with Crippen LogP contribution in [0, 0.1) is 6.92 Å². The lowest BCUT2D eigenvalue weighted by Gasteiger charge is -2.14. The van der Waals surface area contributed by atoms with Gasteiger partial charge in [0.25, 0.3) is 11.5 Å². The average Bonchev–Trinajstić information content (AvgIpc) is 2.62. The molecule has 0 spiro atoms. The minimum Gasteiger partial charge on any atom is -0.345 e. The molecule has 2 N–H and O–H groups in total. The minimum absolute atomic E-state index is 0.107. The van der Waals surface area contributed by atoms with Gasteiger partial charge in [-0.15, -0.1) is 0 Å². The third-order valence-corrected chi connectivity index (χ3v) is 3.95. The molecule has 1 aromatic carbocycles. The van der Waals surface area contributed by atoms with Crippen molar-refractivity contribution in [3.8, 4) is 11.1 Å². The van der Waals surface area contributed by atoms with Crippen molar-refractivity contribution < 1.29 is 4.79 Å². The van der Waals surface area contributed by atoms with E-state index < -0.39 is 5.91 Å². The van der Waals surface area contributed by atoms with Gasteiger partial charge in [-0.1, -0.05) is 24.3 Å². The number of aromatic nitrogens is 3. The zero-order valence-electron chi connectivity index (χ0n) is 14.0. The number of benzene rings is 1. The smallest absolute Gasteiger partial charge is 0.260 e. The van der Waals surface area contributed by atoms with Crippen LogP contribution in [0.25, 0.3) is 11.1 Å². The molecule has 1 atom stereocenters. The summed E-state index contributed by atoms with van der Waals surface area (Å²) in [6.07, 6.45) is 4.98. The van der Waals surface area contributed by atoms with Gasteiger partial charge in [0, 0.05) is 23.7 Å². The van der Waals surface area contributed by atoms with E-state index in [1.54, 1.807) is 25.4 Å². The zero-order valence-corrected chi connectivity index (χ0v) is 14.0. The van der Waals surface area contributed by atoms with E-state index in [1.807, 2.05) is 31.2 Å². The Balaban J connectivity index is 1.74. The fourth-order valence-electron chi connectivity index (χ4n) is 2.52. The van der Waals surface area contributed by atoms with Crippen molar-refractivity contribution >= 4 is 5.91 Å². The van der Waals surface area contributed by atoms with Crippen LogP contribution in [-0.4, -0.2) is 20.9 Å². The summed E-state index contributed by atoms with van der Waals surface area (Å²) in [5.74, 6) is -0.394. The van der Waals surface area contributed by atoms with E-state index >= 15 is 0 Å². The Hall–Kier alpha value is -3.28. The van der Waals surface area contributed by atoms with Gasteiger partial charge in [-0.3, -0.25) is 9.59 Å². The van der Waals surface area contributed by atoms with E-state index in [4.69, 9.17) is 0 Å². The van der Waals surface area contributed by atoms with Gasteiger partial charge in [-0.05, 0) is 37.1 Å². The van der Waals surface area contributed by atoms with Gasteiger partial charge in [-0.25, -0.2) is 9.97 Å². The summed E-state index contributed by atoms with van der Waals surface area (Å²) in [4.78, 5) is 34.8. The second kappa shape index (κ2) is 7.09. The Labute approximate surface area is 145 Å². The summed E-state index contributed by atoms with van der Waals surface area (Å²) in [7, 11) is 0. The highest BCUT2D eigenvalue weighted by Gasteiger charge is 2.14. The summed E-state index contributed by atoms with van der Waals surface area (Å²) < 4.78 is 0. The van der Waals surface area contributed by atoms with Gasteiger partial charge in [0.2, 0.25) is 0 Å². The van der Waals surface area contributed by atoms with Crippen molar-refractivity contribution in [3.05, 3.63) is 82.3 Å². The van der Waals surface area contributed by atoms with Crippen LogP contribution in [-0.2, 0) is 0 Å². The maximum atomic E-state index is 12.3. The molecule has 0 saturated heterocycles. The number of aromatic amines is 1. The summed E-state index contributed by atoms with van der Waals surface area (Å²) >= 11 is 0. The zero-order chi connectivity index (χ0) is 17.8. The lowest BCUT2D eigenvalue weighted by atomic mass is 10.0. The predicted octanol–water partition coefficient (Wildman–Crippen LogP) is 2.63. The second-order valence-electron chi connectivity index (χ2n) is 5.83. The fraction of sp³-hybridized carbons (Fsp3) is 0.158. The Bertz CT molecular complexity index is 934. The molecule has 0 aliphatic rings. The Kier molecular flexibility index (Phi) is 4.70. The van der Waals surface area contributed by atoms with Crippen LogP contribution < -0.4 is 10.9 Å². The number of carbonyl (C=O) groups is 1. The highest BCUT2D eigenvalue weighted by molar-refractivity contribution is 5.94. The minimum atomic E-state index is -0.394. The fourth-order valence-corrected chi connectivity index (χ4v) is 2.52. The third kappa shape index (κ3) is 3.80. The largest absolute Gasteiger partial charge is 0.345 e. The van der Waals surface area contributed by atoms with Gasteiger partial charge >= 0.3 is 0 Å². The number of pyridine rings is 1. The Morgan fingerprint density at radius 2 is 1.72 bits per heavy atom. The first-order valence-electron chi connectivity index (χ1n) is 7.91. The molecular weight excluding hydrogens is 316 g/mol. The third-order valence-electron chi connectivity index (χ3n) is 3.95. The van der Waals surface area contributed by atoms with E-state index in [2.05, 4.69) is 20.3 Å². The summed E-state index contributed by atoms with van der Waals surface area (Å²) in [6.45, 7) is 3.64. The maximum absolute atomic E-state index is 12.3. The van der Waals surface area contributed by atoms with E-state index in [0.717, 1.165) is 22.4 Å². The molecule has 0 aliphatic heterocycles. The Morgan fingerprint density at radius 3 is 2.36 bits per heavy atom. The van der Waals surface area contributed by atoms with Gasteiger partial charge < -0.3 is 10.3 Å². The highest BCUT2D eigenvalue weighted by atomic mass is 16.2. The molecule has 126 valence electrons. The number of carbonyl (C=O) groups excluding carboxylic acids is 1. The summed E-state index contributed by atoms with van der Waals surface area (Å²) in [5.41, 5.74) is 3.31. The van der Waals surface area contributed by atoms with E-state index in [-0.39, 0.29) is 17.2 Å². The SMILES string of the molecule is Cc1ccc(C(=O)N[C@@H](C)c2ccc(-c3cncnc3)cc2)c(=O)[nH]1. The summed E-state index contributed by atoms with van der Waals surface area (Å²) in [5, 5.41) is 2.85. The number of hydrogen-bond donors (Lipinski definition) is 2. The van der Waals surface area contributed by atoms with Crippen LogP contribution in [0.3, 0.4) is 0 Å². The van der Waals surface area contributed by atoms with Crippen LogP contribution in [0.5, 0.6) is 0 Å². The number of amides is 1. The molecule has 0 bridgehead atoms. The predicted molar refractivity (Wildman–Crippen MR) is 95.1 cm³/mol. The molecule has 0 fully saturated rings. The molecule has 3 aromatic rings. The molecule has 0 aliphatic carbocycles. The first-order valence-corrected chi connectivity index (χ1v) is 7.91. The van der Waals surface area contributed by atoms with Crippen molar-refractivity contribution in [3.63, 3.8) is 0 Å². The molecule has 25 heavy (non-hydrogen) atoms. The van der Waals surface area contributed by atoms with Crippen LogP contribution in [0.4, 0.5) is 0 Å². The first kappa shape index (κ1) is 16.6. The topological polar surface area (TPSA) is 87.7 Å². The lowest BCUT2D eigenvalue weighted by Crippen LogP contribution is -2.31. The normalized spacial score (nSPS) is 11.8. The van der Waals surface area contributed by atoms with Gasteiger partial charge in [-0.2, -0.15) is 0 Å². The molecule has 6 heteroatoms. The number of aryl methyl sites for hydroxylation is 1. The van der Waals surface area contributed by atoms with Crippen LogP contribution in [0.2, 0.25) is 0 Å². The van der Waals surface area contributed by atoms with E-state index in [0.29, 0.717) is 0 Å². The molecule has 0 radical (unpaired) electrons.